The SMILES string of the molecule is CC[C@@H]1CN2CCc3c([nH]c4cccc(O)c34)[C@@H]2C[C@@H]1/C(=C\OC)CO. The zero-order valence-electron chi connectivity index (χ0n) is 15.5. The van der Waals surface area contributed by atoms with Gasteiger partial charge in [0.15, 0.2) is 0 Å². The number of phenolic OH excluding ortho intramolecular Hbond substituents is 1. The molecule has 0 bridgehead atoms. The number of aliphatic hydroxyl groups excluding tert-OH is 1. The maximum atomic E-state index is 10.3. The first-order chi connectivity index (χ1) is 12.7. The second kappa shape index (κ2) is 6.97. The molecule has 1 saturated heterocycles. The minimum absolute atomic E-state index is 0.0437. The molecule has 2 aliphatic heterocycles. The van der Waals surface area contributed by atoms with Gasteiger partial charge in [0, 0.05) is 29.7 Å². The predicted molar refractivity (Wildman–Crippen MR) is 102 cm³/mol. The fraction of sp³-hybridized carbons (Fsp3) is 0.524. The lowest BCUT2D eigenvalue weighted by Crippen LogP contribution is -2.46. The zero-order valence-corrected chi connectivity index (χ0v) is 15.5. The van der Waals surface area contributed by atoms with Crippen LogP contribution in [0, 0.1) is 11.8 Å². The van der Waals surface area contributed by atoms with Crippen LogP contribution in [0.15, 0.2) is 30.0 Å². The van der Waals surface area contributed by atoms with E-state index in [-0.39, 0.29) is 6.61 Å². The molecule has 1 aromatic carbocycles. The molecule has 140 valence electrons. The van der Waals surface area contributed by atoms with Gasteiger partial charge in [-0.1, -0.05) is 19.4 Å². The number of aliphatic hydroxyl groups is 1. The first kappa shape index (κ1) is 17.4. The van der Waals surface area contributed by atoms with Crippen LogP contribution in [-0.2, 0) is 11.2 Å². The van der Waals surface area contributed by atoms with Crippen LogP contribution in [0.2, 0.25) is 0 Å². The van der Waals surface area contributed by atoms with Gasteiger partial charge in [-0.25, -0.2) is 0 Å². The van der Waals surface area contributed by atoms with Crippen molar-refractivity contribution in [3.63, 3.8) is 0 Å². The number of fused-ring (bicyclic) bond motifs is 5. The third-order valence-electron chi connectivity index (χ3n) is 6.33. The number of ether oxygens (including phenoxy) is 1. The van der Waals surface area contributed by atoms with Crippen LogP contribution < -0.4 is 0 Å². The number of aromatic amines is 1. The summed E-state index contributed by atoms with van der Waals surface area (Å²) < 4.78 is 5.23. The average Bonchev–Trinajstić information content (AvgIpc) is 3.05. The largest absolute Gasteiger partial charge is 0.507 e. The Labute approximate surface area is 154 Å². The van der Waals surface area contributed by atoms with E-state index in [1.54, 1.807) is 19.4 Å². The van der Waals surface area contributed by atoms with Crippen molar-refractivity contribution in [2.45, 2.75) is 32.2 Å². The maximum absolute atomic E-state index is 10.3. The predicted octanol–water partition coefficient (Wildman–Crippen LogP) is 3.34. The third kappa shape index (κ3) is 2.70. The molecule has 5 nitrogen and oxygen atoms in total. The van der Waals surface area contributed by atoms with Crippen molar-refractivity contribution in [1.29, 1.82) is 0 Å². The number of aromatic hydroxyl groups is 1. The number of hydrogen-bond acceptors (Lipinski definition) is 4. The minimum Gasteiger partial charge on any atom is -0.507 e. The van der Waals surface area contributed by atoms with Crippen LogP contribution in [0.3, 0.4) is 0 Å². The molecule has 3 atom stereocenters. The molecule has 0 spiro atoms. The first-order valence-electron chi connectivity index (χ1n) is 9.57. The Kier molecular flexibility index (Phi) is 4.67. The Morgan fingerprint density at radius 3 is 3.00 bits per heavy atom. The lowest BCUT2D eigenvalue weighted by atomic mass is 9.74. The van der Waals surface area contributed by atoms with Crippen LogP contribution in [0.4, 0.5) is 0 Å². The molecule has 2 aliphatic rings. The van der Waals surface area contributed by atoms with E-state index in [0.717, 1.165) is 48.8 Å². The highest BCUT2D eigenvalue weighted by molar-refractivity contribution is 5.90. The van der Waals surface area contributed by atoms with Gasteiger partial charge in [-0.15, -0.1) is 0 Å². The topological polar surface area (TPSA) is 68.7 Å². The van der Waals surface area contributed by atoms with Gasteiger partial charge in [0.25, 0.3) is 0 Å². The van der Waals surface area contributed by atoms with Gasteiger partial charge < -0.3 is 19.9 Å². The number of rotatable bonds is 4. The molecule has 3 N–H and O–H groups in total. The summed E-state index contributed by atoms with van der Waals surface area (Å²) in [5, 5.41) is 21.2. The molecule has 0 amide bonds. The molecule has 1 aromatic heterocycles. The van der Waals surface area contributed by atoms with Crippen LogP contribution in [-0.4, -0.2) is 46.9 Å². The van der Waals surface area contributed by atoms with E-state index >= 15 is 0 Å². The smallest absolute Gasteiger partial charge is 0.125 e. The summed E-state index contributed by atoms with van der Waals surface area (Å²) in [6.07, 6.45) is 4.75. The van der Waals surface area contributed by atoms with Crippen molar-refractivity contribution < 1.29 is 14.9 Å². The number of benzene rings is 1. The molecule has 0 saturated carbocycles. The van der Waals surface area contributed by atoms with E-state index in [1.165, 1.54) is 11.3 Å². The Balaban J connectivity index is 1.74. The number of H-pyrrole nitrogens is 1. The molecule has 4 rings (SSSR count). The summed E-state index contributed by atoms with van der Waals surface area (Å²) in [5.41, 5.74) is 4.50. The Morgan fingerprint density at radius 1 is 1.42 bits per heavy atom. The van der Waals surface area contributed by atoms with E-state index < -0.39 is 0 Å². The number of piperidine rings is 1. The molecule has 3 heterocycles. The maximum Gasteiger partial charge on any atom is 0.125 e. The molecule has 1 fully saturated rings. The zero-order chi connectivity index (χ0) is 18.3. The van der Waals surface area contributed by atoms with Crippen molar-refractivity contribution in [3.8, 4) is 5.75 Å². The van der Waals surface area contributed by atoms with E-state index in [2.05, 4.69) is 16.8 Å². The highest BCUT2D eigenvalue weighted by atomic mass is 16.5. The minimum atomic E-state index is 0.0437. The van der Waals surface area contributed by atoms with Crippen molar-refractivity contribution in [3.05, 3.63) is 41.3 Å². The van der Waals surface area contributed by atoms with E-state index in [1.807, 2.05) is 12.1 Å². The molecule has 0 aliphatic carbocycles. The molecule has 2 aromatic rings. The van der Waals surface area contributed by atoms with E-state index in [0.29, 0.717) is 23.6 Å². The molecule has 0 radical (unpaired) electrons. The first-order valence-corrected chi connectivity index (χ1v) is 9.57. The second-order valence-corrected chi connectivity index (χ2v) is 7.57. The van der Waals surface area contributed by atoms with Gasteiger partial charge in [-0.2, -0.15) is 0 Å². The molecule has 0 unspecified atom stereocenters. The summed E-state index contributed by atoms with van der Waals surface area (Å²) in [5.74, 6) is 1.21. The quantitative estimate of drug-likeness (QED) is 0.735. The summed E-state index contributed by atoms with van der Waals surface area (Å²) in [7, 11) is 1.64. The van der Waals surface area contributed by atoms with Gasteiger partial charge in [0.1, 0.15) is 5.75 Å². The van der Waals surface area contributed by atoms with E-state index in [9.17, 15) is 10.2 Å². The lowest BCUT2D eigenvalue weighted by Gasteiger charge is -2.46. The van der Waals surface area contributed by atoms with Crippen molar-refractivity contribution in [2.24, 2.45) is 11.8 Å². The average molecular weight is 356 g/mol. The Bertz CT molecular complexity index is 826. The van der Waals surface area contributed by atoms with Gasteiger partial charge in [-0.05, 0) is 47.9 Å². The monoisotopic (exact) mass is 356 g/mol. The Morgan fingerprint density at radius 2 is 2.27 bits per heavy atom. The highest BCUT2D eigenvalue weighted by Gasteiger charge is 2.40. The van der Waals surface area contributed by atoms with E-state index in [4.69, 9.17) is 4.74 Å². The number of nitrogens with one attached hydrogen (secondary N) is 1. The summed E-state index contributed by atoms with van der Waals surface area (Å²) >= 11 is 0. The molecule has 5 heteroatoms. The summed E-state index contributed by atoms with van der Waals surface area (Å²) in [6.45, 7) is 4.33. The molecule has 26 heavy (non-hydrogen) atoms. The standard InChI is InChI=1S/C21H28N2O3/c1-3-13-10-23-8-7-15-20-17(5-4-6-19(20)25)22-21(15)18(23)9-16(13)14(11-24)12-26-2/h4-6,12-13,16,18,22,24-25H,3,7-11H2,1-2H3/b14-12-/t13-,16+,18+/m1/s1. The second-order valence-electron chi connectivity index (χ2n) is 7.57. The van der Waals surface area contributed by atoms with Crippen molar-refractivity contribution in [2.75, 3.05) is 26.8 Å². The van der Waals surface area contributed by atoms with Crippen LogP contribution in [0.5, 0.6) is 5.75 Å². The lowest BCUT2D eigenvalue weighted by molar-refractivity contribution is 0.0582. The third-order valence-corrected chi connectivity index (χ3v) is 6.33. The summed E-state index contributed by atoms with van der Waals surface area (Å²) in [6, 6.07) is 5.99. The van der Waals surface area contributed by atoms with Crippen LogP contribution in [0.1, 0.15) is 37.1 Å². The number of aromatic nitrogens is 1. The van der Waals surface area contributed by atoms with Gasteiger partial charge >= 0.3 is 0 Å². The van der Waals surface area contributed by atoms with Gasteiger partial charge in [0.05, 0.1) is 26.0 Å². The molecular formula is C21H28N2O3. The molecular weight excluding hydrogens is 328 g/mol. The fourth-order valence-electron chi connectivity index (χ4n) is 5.06. The number of nitrogens with zero attached hydrogens (tertiary/aromatic N) is 1. The number of phenols is 1. The number of methoxy groups -OCH3 is 1. The van der Waals surface area contributed by atoms with Crippen molar-refractivity contribution in [1.82, 2.24) is 9.88 Å². The fourth-order valence-corrected chi connectivity index (χ4v) is 5.06. The normalized spacial score (nSPS) is 26.6. The highest BCUT2D eigenvalue weighted by Crippen LogP contribution is 2.46. The van der Waals surface area contributed by atoms with Gasteiger partial charge in [-0.3, -0.25) is 4.90 Å². The van der Waals surface area contributed by atoms with Crippen LogP contribution >= 0.6 is 0 Å². The van der Waals surface area contributed by atoms with Gasteiger partial charge in [0.2, 0.25) is 0 Å². The number of hydrogen-bond donors (Lipinski definition) is 3. The van der Waals surface area contributed by atoms with Crippen LogP contribution in [0.25, 0.3) is 10.9 Å². The van der Waals surface area contributed by atoms with Crippen molar-refractivity contribution >= 4 is 10.9 Å². The Hall–Kier alpha value is -1.98. The summed E-state index contributed by atoms with van der Waals surface area (Å²) in [4.78, 5) is 6.15.